The number of rotatable bonds is 6. The summed E-state index contributed by atoms with van der Waals surface area (Å²) >= 11 is 3.43. The molecule has 0 saturated carbocycles. The minimum atomic E-state index is -0.520. The first kappa shape index (κ1) is 21.1. The van der Waals surface area contributed by atoms with Gasteiger partial charge in [0.05, 0.1) is 16.8 Å². The lowest BCUT2D eigenvalue weighted by Crippen LogP contribution is -2.17. The molecular weight excluding hydrogens is 474 g/mol. The third-order valence-electron chi connectivity index (χ3n) is 4.59. The number of nitrogens with one attached hydrogen (secondary N) is 1. The third-order valence-corrected chi connectivity index (χ3v) is 5.12. The molecule has 1 N–H and O–H groups in total. The number of carbonyl (C=O) groups excluding carboxylic acids is 1. The average molecular weight is 490 g/mol. The standard InChI is InChI=1S/C23H16BrN5O3/c24-19-10-6-16(7-11-19)22-18(15-28(27-22)20-4-2-1-3-5-20)14-25-26-23(30)17-8-12-21(13-9-17)29(31)32/h1-15H,(H,26,30)/b25-14-. The van der Waals surface area contributed by atoms with E-state index in [4.69, 9.17) is 5.10 Å². The molecule has 0 fully saturated rings. The summed E-state index contributed by atoms with van der Waals surface area (Å²) < 4.78 is 2.70. The summed E-state index contributed by atoms with van der Waals surface area (Å²) in [5, 5.41) is 19.5. The van der Waals surface area contributed by atoms with E-state index in [2.05, 4.69) is 26.5 Å². The molecule has 0 atom stereocenters. The molecule has 0 bridgehead atoms. The largest absolute Gasteiger partial charge is 0.271 e. The number of carbonyl (C=O) groups is 1. The Balaban J connectivity index is 1.59. The van der Waals surface area contributed by atoms with E-state index in [-0.39, 0.29) is 11.3 Å². The number of nitro benzene ring substituents is 1. The maximum absolute atomic E-state index is 12.3. The van der Waals surface area contributed by atoms with Crippen molar-refractivity contribution in [3.63, 3.8) is 0 Å². The Morgan fingerprint density at radius 2 is 1.72 bits per heavy atom. The predicted octanol–water partition coefficient (Wildman–Crippen LogP) is 4.97. The van der Waals surface area contributed by atoms with Gasteiger partial charge in [-0.05, 0) is 36.4 Å². The van der Waals surface area contributed by atoms with Gasteiger partial charge in [0.1, 0.15) is 5.69 Å². The van der Waals surface area contributed by atoms with Gasteiger partial charge in [0.15, 0.2) is 0 Å². The van der Waals surface area contributed by atoms with Crippen LogP contribution in [0.1, 0.15) is 15.9 Å². The fourth-order valence-electron chi connectivity index (χ4n) is 2.99. The summed E-state index contributed by atoms with van der Waals surface area (Å²) in [6.07, 6.45) is 3.35. The van der Waals surface area contributed by atoms with Crippen LogP contribution in [0.3, 0.4) is 0 Å². The summed E-state index contributed by atoms with van der Waals surface area (Å²) in [5.41, 5.74) is 5.82. The van der Waals surface area contributed by atoms with E-state index >= 15 is 0 Å². The second-order valence-corrected chi connectivity index (χ2v) is 7.64. The zero-order valence-corrected chi connectivity index (χ0v) is 18.1. The van der Waals surface area contributed by atoms with Gasteiger partial charge in [-0.2, -0.15) is 10.2 Å². The van der Waals surface area contributed by atoms with E-state index in [1.165, 1.54) is 30.5 Å². The van der Waals surface area contributed by atoms with E-state index < -0.39 is 10.8 Å². The topological polar surface area (TPSA) is 102 Å². The average Bonchev–Trinajstić information content (AvgIpc) is 3.24. The summed E-state index contributed by atoms with van der Waals surface area (Å²) in [6, 6.07) is 22.7. The summed E-state index contributed by atoms with van der Waals surface area (Å²) in [7, 11) is 0. The van der Waals surface area contributed by atoms with Gasteiger partial charge in [-0.15, -0.1) is 0 Å². The van der Waals surface area contributed by atoms with Crippen LogP contribution in [0.15, 0.2) is 94.6 Å². The Morgan fingerprint density at radius 1 is 1.03 bits per heavy atom. The molecule has 1 amide bonds. The van der Waals surface area contributed by atoms with Gasteiger partial charge < -0.3 is 0 Å². The number of nitro groups is 1. The van der Waals surface area contributed by atoms with Crippen LogP contribution in [0.5, 0.6) is 0 Å². The van der Waals surface area contributed by atoms with Crippen LogP contribution in [-0.2, 0) is 0 Å². The van der Waals surface area contributed by atoms with E-state index in [0.717, 1.165) is 15.7 Å². The molecular formula is C23H16BrN5O3. The normalized spacial score (nSPS) is 10.9. The highest BCUT2D eigenvalue weighted by atomic mass is 79.9. The van der Waals surface area contributed by atoms with Gasteiger partial charge in [0.25, 0.3) is 11.6 Å². The van der Waals surface area contributed by atoms with Crippen LogP contribution >= 0.6 is 15.9 Å². The lowest BCUT2D eigenvalue weighted by atomic mass is 10.1. The minimum Gasteiger partial charge on any atom is -0.267 e. The van der Waals surface area contributed by atoms with Crippen molar-refractivity contribution in [1.29, 1.82) is 0 Å². The van der Waals surface area contributed by atoms with Crippen molar-refractivity contribution in [2.45, 2.75) is 0 Å². The molecule has 0 spiro atoms. The number of hydrogen-bond acceptors (Lipinski definition) is 5. The van der Waals surface area contributed by atoms with E-state index in [0.29, 0.717) is 11.3 Å². The molecule has 0 aliphatic heterocycles. The smallest absolute Gasteiger partial charge is 0.267 e. The number of non-ortho nitro benzene ring substituents is 1. The molecule has 0 unspecified atom stereocenters. The number of hydrazone groups is 1. The number of benzene rings is 3. The monoisotopic (exact) mass is 489 g/mol. The SMILES string of the molecule is O=C(N/N=C\c1cn(-c2ccccc2)nc1-c1ccc(Br)cc1)c1ccc([N+](=O)[O-])cc1. The van der Waals surface area contributed by atoms with Crippen molar-refractivity contribution < 1.29 is 9.72 Å². The molecule has 4 aromatic rings. The Bertz CT molecular complexity index is 1280. The van der Waals surface area contributed by atoms with Gasteiger partial charge in [-0.25, -0.2) is 10.1 Å². The van der Waals surface area contributed by atoms with Crippen molar-refractivity contribution in [3.05, 3.63) is 111 Å². The maximum Gasteiger partial charge on any atom is 0.271 e. The Morgan fingerprint density at radius 3 is 2.38 bits per heavy atom. The molecule has 32 heavy (non-hydrogen) atoms. The van der Waals surface area contributed by atoms with Crippen LogP contribution in [0.4, 0.5) is 5.69 Å². The van der Waals surface area contributed by atoms with Gasteiger partial charge in [-0.3, -0.25) is 14.9 Å². The van der Waals surface area contributed by atoms with Gasteiger partial charge in [-0.1, -0.05) is 46.3 Å². The first-order valence-electron chi connectivity index (χ1n) is 9.50. The van der Waals surface area contributed by atoms with Crippen LogP contribution in [0.25, 0.3) is 16.9 Å². The molecule has 158 valence electrons. The van der Waals surface area contributed by atoms with Crippen molar-refractivity contribution in [1.82, 2.24) is 15.2 Å². The lowest BCUT2D eigenvalue weighted by molar-refractivity contribution is -0.384. The second kappa shape index (κ2) is 9.36. The molecule has 1 aromatic heterocycles. The summed E-state index contributed by atoms with van der Waals surface area (Å²) in [5.74, 6) is -0.475. The van der Waals surface area contributed by atoms with Gasteiger partial charge in [0, 0.05) is 39.5 Å². The summed E-state index contributed by atoms with van der Waals surface area (Å²) in [4.78, 5) is 22.5. The highest BCUT2D eigenvalue weighted by molar-refractivity contribution is 9.10. The molecule has 3 aromatic carbocycles. The van der Waals surface area contributed by atoms with E-state index in [1.54, 1.807) is 4.68 Å². The first-order valence-corrected chi connectivity index (χ1v) is 10.3. The van der Waals surface area contributed by atoms with Gasteiger partial charge >= 0.3 is 0 Å². The predicted molar refractivity (Wildman–Crippen MR) is 125 cm³/mol. The molecule has 0 aliphatic carbocycles. The number of halogens is 1. The number of hydrogen-bond donors (Lipinski definition) is 1. The highest BCUT2D eigenvalue weighted by Crippen LogP contribution is 2.24. The zero-order valence-electron chi connectivity index (χ0n) is 16.6. The quantitative estimate of drug-likeness (QED) is 0.234. The first-order chi connectivity index (χ1) is 15.5. The highest BCUT2D eigenvalue weighted by Gasteiger charge is 2.12. The Labute approximate surface area is 191 Å². The van der Waals surface area contributed by atoms with Crippen LogP contribution < -0.4 is 5.43 Å². The molecule has 8 nitrogen and oxygen atoms in total. The van der Waals surface area contributed by atoms with E-state index in [1.807, 2.05) is 60.8 Å². The molecule has 1 heterocycles. The fraction of sp³-hybridized carbons (Fsp3) is 0. The second-order valence-electron chi connectivity index (χ2n) is 6.72. The van der Waals surface area contributed by atoms with E-state index in [9.17, 15) is 14.9 Å². The summed E-state index contributed by atoms with van der Waals surface area (Å²) in [6.45, 7) is 0. The van der Waals surface area contributed by atoms with Crippen LogP contribution in [-0.4, -0.2) is 26.8 Å². The number of nitrogens with zero attached hydrogens (tertiary/aromatic N) is 4. The molecule has 0 radical (unpaired) electrons. The molecule has 0 aliphatic rings. The van der Waals surface area contributed by atoms with Crippen molar-refractivity contribution in [3.8, 4) is 16.9 Å². The third kappa shape index (κ3) is 4.79. The number of para-hydroxylation sites is 1. The zero-order chi connectivity index (χ0) is 22.5. The minimum absolute atomic E-state index is 0.0856. The molecule has 4 rings (SSSR count). The van der Waals surface area contributed by atoms with Crippen molar-refractivity contribution in [2.75, 3.05) is 0 Å². The Hall–Kier alpha value is -4.11. The molecule has 0 saturated heterocycles. The lowest BCUT2D eigenvalue weighted by Gasteiger charge is -2.01. The van der Waals surface area contributed by atoms with Crippen molar-refractivity contribution in [2.24, 2.45) is 5.10 Å². The van der Waals surface area contributed by atoms with Gasteiger partial charge in [0.2, 0.25) is 0 Å². The molecule has 9 heteroatoms. The maximum atomic E-state index is 12.3. The fourth-order valence-corrected chi connectivity index (χ4v) is 3.25. The Kier molecular flexibility index (Phi) is 6.18. The number of aromatic nitrogens is 2. The number of amides is 1. The van der Waals surface area contributed by atoms with Crippen molar-refractivity contribution >= 4 is 33.7 Å². The van der Waals surface area contributed by atoms with Crippen LogP contribution in [0.2, 0.25) is 0 Å². The van der Waals surface area contributed by atoms with Crippen LogP contribution in [0, 0.1) is 10.1 Å².